The zero-order valence-corrected chi connectivity index (χ0v) is 14.9. The van der Waals surface area contributed by atoms with Crippen LogP contribution in [-0.4, -0.2) is 22.7 Å². The number of nitrogens with one attached hydrogen (secondary N) is 1. The number of fused-ring (bicyclic) bond motifs is 3. The molecule has 0 saturated carbocycles. The molecule has 1 aliphatic carbocycles. The van der Waals surface area contributed by atoms with Crippen LogP contribution in [0.15, 0.2) is 30.9 Å². The van der Waals surface area contributed by atoms with Crippen molar-refractivity contribution in [1.29, 1.82) is 0 Å². The number of aromatic nitrogens is 1. The lowest BCUT2D eigenvalue weighted by molar-refractivity contribution is -0.118. The lowest BCUT2D eigenvalue weighted by Crippen LogP contribution is -2.12. The number of ether oxygens (including phenoxy) is 1. The zero-order valence-electron chi connectivity index (χ0n) is 13.9. The van der Waals surface area contributed by atoms with Gasteiger partial charge in [-0.2, -0.15) is 0 Å². The van der Waals surface area contributed by atoms with Crippen LogP contribution in [0, 0.1) is 0 Å². The molecule has 3 rings (SSSR count). The Morgan fingerprint density at radius 2 is 2.21 bits per heavy atom. The number of allylic oxidation sites excluding steroid dienone is 1. The van der Waals surface area contributed by atoms with E-state index in [0.717, 1.165) is 34.2 Å². The molecular formula is C20H20NO2P. The number of ketones is 1. The highest BCUT2D eigenvalue weighted by atomic mass is 31.0. The van der Waals surface area contributed by atoms with E-state index in [-0.39, 0.29) is 12.4 Å². The minimum absolute atomic E-state index is 0.00794. The van der Waals surface area contributed by atoms with Crippen molar-refractivity contribution >= 4 is 32.1 Å². The van der Waals surface area contributed by atoms with Crippen molar-refractivity contribution in [3.8, 4) is 17.0 Å². The molecule has 4 heteroatoms. The van der Waals surface area contributed by atoms with E-state index in [1.165, 1.54) is 18.1 Å². The number of hydrogen-bond acceptors (Lipinski definition) is 2. The van der Waals surface area contributed by atoms with E-state index >= 15 is 0 Å². The summed E-state index contributed by atoms with van der Waals surface area (Å²) in [5.74, 6) is 0.709. The molecule has 0 spiro atoms. The van der Waals surface area contributed by atoms with Gasteiger partial charge in [0.1, 0.15) is 12.4 Å². The van der Waals surface area contributed by atoms with Crippen LogP contribution in [0.2, 0.25) is 0 Å². The lowest BCUT2D eigenvalue weighted by atomic mass is 9.88. The minimum Gasteiger partial charge on any atom is -0.486 e. The molecule has 0 atom stereocenters. The molecule has 1 aliphatic rings. The van der Waals surface area contributed by atoms with Gasteiger partial charge >= 0.3 is 0 Å². The third-order valence-corrected chi connectivity index (χ3v) is 4.54. The molecule has 0 amide bonds. The fourth-order valence-electron chi connectivity index (χ4n) is 3.04. The molecule has 0 bridgehead atoms. The third-order valence-electron chi connectivity index (χ3n) is 4.10. The van der Waals surface area contributed by atoms with Crippen molar-refractivity contribution in [3.63, 3.8) is 0 Å². The van der Waals surface area contributed by atoms with Crippen LogP contribution in [0.1, 0.15) is 36.2 Å². The van der Waals surface area contributed by atoms with Crippen molar-refractivity contribution in [2.45, 2.75) is 20.3 Å². The average molecular weight is 337 g/mol. The maximum atomic E-state index is 11.1. The second-order valence-electron chi connectivity index (χ2n) is 5.86. The quantitative estimate of drug-likeness (QED) is 0.814. The van der Waals surface area contributed by atoms with Gasteiger partial charge in [-0.3, -0.25) is 4.79 Å². The normalized spacial score (nSPS) is 12.8. The van der Waals surface area contributed by atoms with Crippen molar-refractivity contribution in [2.75, 3.05) is 6.61 Å². The predicted molar refractivity (Wildman–Crippen MR) is 103 cm³/mol. The molecule has 0 radical (unpaired) electrons. The molecular weight excluding hydrogens is 317 g/mol. The zero-order chi connectivity index (χ0) is 17.3. The molecule has 122 valence electrons. The van der Waals surface area contributed by atoms with E-state index in [2.05, 4.69) is 26.5 Å². The summed E-state index contributed by atoms with van der Waals surface area (Å²) < 4.78 is 5.54. The Hall–Kier alpha value is -2.38. The molecule has 0 saturated heterocycles. The standard InChI is InChI=1S/C20H20NO2P/c1-4-6-14-17-10-19(24)16-9-13(23-11-12(3)22)7-8-15(16)20(17)21-18(14)5-2/h4-9,21,24H,2,10-11H2,1,3H3/b6-4-. The fraction of sp³-hybridized carbons (Fsp3) is 0.200. The molecule has 24 heavy (non-hydrogen) atoms. The average Bonchev–Trinajstić information content (AvgIpc) is 2.91. The molecule has 0 aliphatic heterocycles. The van der Waals surface area contributed by atoms with Crippen LogP contribution in [0.5, 0.6) is 5.75 Å². The topological polar surface area (TPSA) is 42.1 Å². The minimum atomic E-state index is 0.00794. The molecule has 2 aromatic rings. The Bertz CT molecular complexity index is 874. The van der Waals surface area contributed by atoms with Gasteiger partial charge in [0.2, 0.25) is 0 Å². The van der Waals surface area contributed by atoms with Gasteiger partial charge in [-0.15, -0.1) is 8.86 Å². The summed E-state index contributed by atoms with van der Waals surface area (Å²) in [5, 5.41) is 1.10. The largest absolute Gasteiger partial charge is 0.486 e. The number of aromatic amines is 1. The first-order valence-corrected chi connectivity index (χ1v) is 8.39. The van der Waals surface area contributed by atoms with Crippen LogP contribution >= 0.6 is 8.86 Å². The van der Waals surface area contributed by atoms with Crippen LogP contribution < -0.4 is 4.74 Å². The highest BCUT2D eigenvalue weighted by Crippen LogP contribution is 2.39. The van der Waals surface area contributed by atoms with Crippen molar-refractivity contribution < 1.29 is 9.53 Å². The van der Waals surface area contributed by atoms with Crippen LogP contribution in [-0.2, 0) is 11.2 Å². The van der Waals surface area contributed by atoms with Crippen molar-refractivity contribution in [1.82, 2.24) is 4.98 Å². The summed E-state index contributed by atoms with van der Waals surface area (Å²) in [5.41, 5.74) is 6.80. The van der Waals surface area contributed by atoms with E-state index in [9.17, 15) is 4.79 Å². The Balaban J connectivity index is 2.09. The number of H-pyrrole nitrogens is 1. The number of rotatable bonds is 5. The summed E-state index contributed by atoms with van der Waals surface area (Å²) >= 11 is 0. The molecule has 1 aromatic carbocycles. The van der Waals surface area contributed by atoms with Gasteiger partial charge in [-0.05, 0) is 54.5 Å². The van der Waals surface area contributed by atoms with Gasteiger partial charge in [0.25, 0.3) is 0 Å². The number of benzene rings is 1. The number of carbonyl (C=O) groups is 1. The maximum absolute atomic E-state index is 11.1. The number of hydrogen-bond donors (Lipinski definition) is 1. The summed E-state index contributed by atoms with van der Waals surface area (Å²) in [6.45, 7) is 7.54. The van der Waals surface area contributed by atoms with Gasteiger partial charge in [-0.25, -0.2) is 0 Å². The first-order valence-electron chi connectivity index (χ1n) is 7.89. The number of carbonyl (C=O) groups excluding carboxylic acids is 1. The van der Waals surface area contributed by atoms with Gasteiger partial charge in [0, 0.05) is 23.2 Å². The Morgan fingerprint density at radius 1 is 1.42 bits per heavy atom. The van der Waals surface area contributed by atoms with E-state index in [4.69, 9.17) is 4.74 Å². The van der Waals surface area contributed by atoms with Gasteiger partial charge in [-0.1, -0.05) is 18.7 Å². The first-order chi connectivity index (χ1) is 11.5. The second-order valence-corrected chi connectivity index (χ2v) is 6.47. The van der Waals surface area contributed by atoms with E-state index in [0.29, 0.717) is 5.75 Å². The van der Waals surface area contributed by atoms with E-state index < -0.39 is 0 Å². The summed E-state index contributed by atoms with van der Waals surface area (Å²) in [6.07, 6.45) is 6.81. The molecule has 1 heterocycles. The summed E-state index contributed by atoms with van der Waals surface area (Å²) in [7, 11) is 3.78. The van der Waals surface area contributed by atoms with E-state index in [1.54, 1.807) is 0 Å². The highest BCUT2D eigenvalue weighted by Gasteiger charge is 2.25. The Morgan fingerprint density at radius 3 is 2.88 bits per heavy atom. The van der Waals surface area contributed by atoms with Gasteiger partial charge in [0.05, 0.1) is 5.69 Å². The Kier molecular flexibility index (Phi) is 4.55. The summed E-state index contributed by atoms with van der Waals surface area (Å²) in [4.78, 5) is 14.6. The molecule has 0 fully saturated rings. The fourth-order valence-corrected chi connectivity index (χ4v) is 3.43. The highest BCUT2D eigenvalue weighted by molar-refractivity contribution is 7.22. The smallest absolute Gasteiger partial charge is 0.167 e. The monoisotopic (exact) mass is 337 g/mol. The van der Waals surface area contributed by atoms with Gasteiger partial charge in [0.15, 0.2) is 5.78 Å². The molecule has 3 nitrogen and oxygen atoms in total. The lowest BCUT2D eigenvalue weighted by Gasteiger charge is -2.20. The van der Waals surface area contributed by atoms with Crippen LogP contribution in [0.4, 0.5) is 0 Å². The molecule has 1 aromatic heterocycles. The molecule has 0 unspecified atom stereocenters. The number of Topliss-reactive ketones (excluding diaryl/α,β-unsaturated/α-hetero) is 1. The van der Waals surface area contributed by atoms with E-state index in [1.807, 2.05) is 37.3 Å². The SMILES string of the molecule is C=Cc1[nH]c2c(c1/C=C\C)CC(=P)c1cc(OCC(C)=O)ccc1-2. The van der Waals surface area contributed by atoms with Crippen LogP contribution in [0.3, 0.4) is 0 Å². The predicted octanol–water partition coefficient (Wildman–Crippen LogP) is 4.55. The second kappa shape index (κ2) is 6.62. The Labute approximate surface area is 144 Å². The molecule has 1 N–H and O–H groups in total. The summed E-state index contributed by atoms with van der Waals surface area (Å²) in [6, 6.07) is 5.92. The first kappa shape index (κ1) is 16.5. The maximum Gasteiger partial charge on any atom is 0.167 e. The van der Waals surface area contributed by atoms with Crippen molar-refractivity contribution in [2.24, 2.45) is 0 Å². The van der Waals surface area contributed by atoms with Gasteiger partial charge < -0.3 is 9.72 Å². The van der Waals surface area contributed by atoms with Crippen molar-refractivity contribution in [3.05, 3.63) is 53.2 Å². The van der Waals surface area contributed by atoms with Crippen LogP contribution in [0.25, 0.3) is 23.4 Å². The third kappa shape index (κ3) is 2.88.